The van der Waals surface area contributed by atoms with Crippen LogP contribution in [0.2, 0.25) is 0 Å². The molecular formula is C9H10N4S. The molecule has 2 heterocycles. The summed E-state index contributed by atoms with van der Waals surface area (Å²) in [6.07, 6.45) is 3.35. The van der Waals surface area contributed by atoms with Gasteiger partial charge in [-0.15, -0.1) is 11.3 Å². The molecule has 5 heteroatoms. The Hall–Kier alpha value is -1.49. The van der Waals surface area contributed by atoms with Crippen molar-refractivity contribution in [2.45, 2.75) is 13.5 Å². The van der Waals surface area contributed by atoms with Crippen LogP contribution < -0.4 is 5.32 Å². The Labute approximate surface area is 86.1 Å². The summed E-state index contributed by atoms with van der Waals surface area (Å²) >= 11 is 1.63. The minimum absolute atomic E-state index is 0.716. The van der Waals surface area contributed by atoms with E-state index >= 15 is 0 Å². The minimum Gasteiger partial charge on any atom is -0.363 e. The largest absolute Gasteiger partial charge is 0.363 e. The lowest BCUT2D eigenvalue weighted by Crippen LogP contribution is -2.01. The number of hydrogen-bond acceptors (Lipinski definition) is 5. The third-order valence-corrected chi connectivity index (χ3v) is 2.49. The fraction of sp³-hybridized carbons (Fsp3) is 0.222. The second-order valence-electron chi connectivity index (χ2n) is 2.82. The summed E-state index contributed by atoms with van der Waals surface area (Å²) in [5.74, 6) is 0.840. The predicted octanol–water partition coefficient (Wildman–Crippen LogP) is 1.85. The van der Waals surface area contributed by atoms with E-state index in [0.717, 1.165) is 16.5 Å². The number of thiazole rings is 1. The van der Waals surface area contributed by atoms with E-state index in [1.807, 2.05) is 18.4 Å². The van der Waals surface area contributed by atoms with Crippen LogP contribution in [0.15, 0.2) is 24.0 Å². The number of nitrogens with zero attached hydrogens (tertiary/aromatic N) is 3. The van der Waals surface area contributed by atoms with Gasteiger partial charge >= 0.3 is 0 Å². The van der Waals surface area contributed by atoms with E-state index in [-0.39, 0.29) is 0 Å². The highest BCUT2D eigenvalue weighted by Gasteiger charge is 1.97. The van der Waals surface area contributed by atoms with Crippen LogP contribution in [0.5, 0.6) is 0 Å². The Balaban J connectivity index is 1.98. The Morgan fingerprint density at radius 1 is 1.36 bits per heavy atom. The number of nitrogens with one attached hydrogen (secondary N) is 1. The highest BCUT2D eigenvalue weighted by atomic mass is 32.1. The van der Waals surface area contributed by atoms with Gasteiger partial charge in [-0.2, -0.15) is 0 Å². The molecule has 2 aromatic rings. The van der Waals surface area contributed by atoms with Gasteiger partial charge in [0.15, 0.2) is 0 Å². The monoisotopic (exact) mass is 206 g/mol. The fourth-order valence-electron chi connectivity index (χ4n) is 1.06. The van der Waals surface area contributed by atoms with Gasteiger partial charge in [0.2, 0.25) is 0 Å². The molecule has 0 aliphatic rings. The van der Waals surface area contributed by atoms with Crippen LogP contribution in [0.25, 0.3) is 0 Å². The molecule has 1 N–H and O–H groups in total. The molecule has 0 aromatic carbocycles. The number of anilines is 1. The topological polar surface area (TPSA) is 50.7 Å². The SMILES string of the molecule is Cc1cc(NCc2nccs2)ncn1. The van der Waals surface area contributed by atoms with E-state index in [2.05, 4.69) is 20.3 Å². The Kier molecular flexibility index (Phi) is 2.69. The normalized spacial score (nSPS) is 10.1. The summed E-state index contributed by atoms with van der Waals surface area (Å²) < 4.78 is 0. The van der Waals surface area contributed by atoms with Crippen LogP contribution in [0, 0.1) is 6.92 Å². The number of aromatic nitrogens is 3. The lowest BCUT2D eigenvalue weighted by Gasteiger charge is -2.02. The fourth-order valence-corrected chi connectivity index (χ4v) is 1.61. The Morgan fingerprint density at radius 2 is 2.29 bits per heavy atom. The van der Waals surface area contributed by atoms with Gasteiger partial charge in [-0.25, -0.2) is 15.0 Å². The van der Waals surface area contributed by atoms with Crippen molar-refractivity contribution >= 4 is 17.2 Å². The molecule has 0 amide bonds. The van der Waals surface area contributed by atoms with Crippen LogP contribution >= 0.6 is 11.3 Å². The Morgan fingerprint density at radius 3 is 3.00 bits per heavy atom. The van der Waals surface area contributed by atoms with E-state index in [9.17, 15) is 0 Å². The summed E-state index contributed by atoms with van der Waals surface area (Å²) in [5, 5.41) is 6.20. The molecule has 0 saturated heterocycles. The first-order valence-corrected chi connectivity index (χ1v) is 5.13. The van der Waals surface area contributed by atoms with Gasteiger partial charge in [-0.3, -0.25) is 0 Å². The zero-order chi connectivity index (χ0) is 9.80. The van der Waals surface area contributed by atoms with Crippen molar-refractivity contribution < 1.29 is 0 Å². The maximum Gasteiger partial charge on any atom is 0.129 e. The second-order valence-corrected chi connectivity index (χ2v) is 3.80. The maximum absolute atomic E-state index is 4.17. The third-order valence-electron chi connectivity index (χ3n) is 1.71. The molecule has 0 unspecified atom stereocenters. The lowest BCUT2D eigenvalue weighted by molar-refractivity contribution is 1.04. The van der Waals surface area contributed by atoms with E-state index in [0.29, 0.717) is 6.54 Å². The van der Waals surface area contributed by atoms with Gasteiger partial charge in [0, 0.05) is 23.3 Å². The van der Waals surface area contributed by atoms with Gasteiger partial charge in [0.1, 0.15) is 17.2 Å². The first-order chi connectivity index (χ1) is 6.84. The van der Waals surface area contributed by atoms with E-state index in [1.54, 1.807) is 23.9 Å². The molecule has 2 aromatic heterocycles. The molecule has 0 bridgehead atoms. The zero-order valence-corrected chi connectivity index (χ0v) is 8.58. The molecule has 2 rings (SSSR count). The highest BCUT2D eigenvalue weighted by Crippen LogP contribution is 2.08. The minimum atomic E-state index is 0.716. The van der Waals surface area contributed by atoms with Crippen LogP contribution in [0.1, 0.15) is 10.7 Å². The summed E-state index contributed by atoms with van der Waals surface area (Å²) in [7, 11) is 0. The highest BCUT2D eigenvalue weighted by molar-refractivity contribution is 7.09. The maximum atomic E-state index is 4.17. The van der Waals surface area contributed by atoms with Gasteiger partial charge in [0.25, 0.3) is 0 Å². The van der Waals surface area contributed by atoms with E-state index in [1.165, 1.54) is 0 Å². The zero-order valence-electron chi connectivity index (χ0n) is 7.77. The average Bonchev–Trinajstić information content (AvgIpc) is 2.67. The number of rotatable bonds is 3. The second kappa shape index (κ2) is 4.15. The number of aryl methyl sites for hydroxylation is 1. The average molecular weight is 206 g/mol. The van der Waals surface area contributed by atoms with Crippen molar-refractivity contribution in [3.05, 3.63) is 34.7 Å². The third kappa shape index (κ3) is 2.26. The quantitative estimate of drug-likeness (QED) is 0.832. The van der Waals surface area contributed by atoms with Crippen molar-refractivity contribution in [3.8, 4) is 0 Å². The molecule has 0 spiro atoms. The number of hydrogen-bond donors (Lipinski definition) is 1. The van der Waals surface area contributed by atoms with Gasteiger partial charge in [0.05, 0.1) is 6.54 Å². The predicted molar refractivity (Wildman–Crippen MR) is 56.2 cm³/mol. The van der Waals surface area contributed by atoms with Gasteiger partial charge in [-0.05, 0) is 6.92 Å². The van der Waals surface area contributed by atoms with E-state index in [4.69, 9.17) is 0 Å². The van der Waals surface area contributed by atoms with Gasteiger partial charge < -0.3 is 5.32 Å². The van der Waals surface area contributed by atoms with Crippen LogP contribution in [0.4, 0.5) is 5.82 Å². The van der Waals surface area contributed by atoms with Gasteiger partial charge in [-0.1, -0.05) is 0 Å². The van der Waals surface area contributed by atoms with Crippen LogP contribution in [-0.2, 0) is 6.54 Å². The Bertz CT molecular complexity index is 399. The molecule has 0 fully saturated rings. The van der Waals surface area contributed by atoms with Crippen molar-refractivity contribution in [1.29, 1.82) is 0 Å². The first-order valence-electron chi connectivity index (χ1n) is 4.25. The standard InChI is InChI=1S/C9H10N4S/c1-7-4-8(13-6-12-7)11-5-9-10-2-3-14-9/h2-4,6H,5H2,1H3,(H,11,12,13). The molecule has 0 aliphatic heterocycles. The van der Waals surface area contributed by atoms with Crippen molar-refractivity contribution in [2.24, 2.45) is 0 Å². The molecule has 0 radical (unpaired) electrons. The molecule has 4 nitrogen and oxygen atoms in total. The molecule has 72 valence electrons. The van der Waals surface area contributed by atoms with Crippen molar-refractivity contribution in [3.63, 3.8) is 0 Å². The van der Waals surface area contributed by atoms with Crippen LogP contribution in [0.3, 0.4) is 0 Å². The molecule has 14 heavy (non-hydrogen) atoms. The molecule has 0 atom stereocenters. The van der Waals surface area contributed by atoms with Crippen molar-refractivity contribution in [1.82, 2.24) is 15.0 Å². The summed E-state index contributed by atoms with van der Waals surface area (Å²) in [4.78, 5) is 12.3. The molecule has 0 aliphatic carbocycles. The lowest BCUT2D eigenvalue weighted by atomic mass is 10.4. The smallest absolute Gasteiger partial charge is 0.129 e. The summed E-state index contributed by atoms with van der Waals surface area (Å²) in [6, 6.07) is 1.91. The van der Waals surface area contributed by atoms with Crippen molar-refractivity contribution in [2.75, 3.05) is 5.32 Å². The van der Waals surface area contributed by atoms with E-state index < -0.39 is 0 Å². The molecular weight excluding hydrogens is 196 g/mol. The first kappa shape index (κ1) is 9.08. The van der Waals surface area contributed by atoms with Crippen LogP contribution in [-0.4, -0.2) is 15.0 Å². The summed E-state index contributed by atoms with van der Waals surface area (Å²) in [5.41, 5.74) is 0.960. The molecule has 0 saturated carbocycles. The summed E-state index contributed by atoms with van der Waals surface area (Å²) in [6.45, 7) is 2.66.